The summed E-state index contributed by atoms with van der Waals surface area (Å²) in [7, 11) is 0. The third-order valence-corrected chi connectivity index (χ3v) is 5.68. The maximum atomic E-state index is 12.6. The van der Waals surface area contributed by atoms with E-state index in [2.05, 4.69) is 5.32 Å². The van der Waals surface area contributed by atoms with E-state index in [1.54, 1.807) is 0 Å². The van der Waals surface area contributed by atoms with Crippen LogP contribution in [0.4, 0.5) is 0 Å². The summed E-state index contributed by atoms with van der Waals surface area (Å²) in [5, 5.41) is 12.6. The Morgan fingerprint density at radius 2 is 1.82 bits per heavy atom. The van der Waals surface area contributed by atoms with Crippen molar-refractivity contribution in [1.82, 2.24) is 5.32 Å². The van der Waals surface area contributed by atoms with Gasteiger partial charge < -0.3 is 10.4 Å². The van der Waals surface area contributed by atoms with Gasteiger partial charge in [-0.25, -0.2) is 0 Å². The van der Waals surface area contributed by atoms with Crippen LogP contribution in [-0.2, 0) is 22.4 Å². The van der Waals surface area contributed by atoms with Gasteiger partial charge in [-0.15, -0.1) is 0 Å². The molecule has 0 unspecified atom stereocenters. The van der Waals surface area contributed by atoms with Gasteiger partial charge in [-0.2, -0.15) is 0 Å². The fraction of sp³-hybridized carbons (Fsp3) is 0.417. The molecule has 0 heterocycles. The van der Waals surface area contributed by atoms with E-state index in [9.17, 15) is 14.7 Å². The normalized spacial score (nSPS) is 18.6. The molecule has 3 rings (SSSR count). The van der Waals surface area contributed by atoms with Crippen molar-refractivity contribution >= 4 is 11.7 Å². The molecular weight excluding hydrogens is 350 g/mol. The zero-order chi connectivity index (χ0) is 19.9. The van der Waals surface area contributed by atoms with E-state index >= 15 is 0 Å². The van der Waals surface area contributed by atoms with Crippen LogP contribution in [0, 0.1) is 5.92 Å². The van der Waals surface area contributed by atoms with Crippen molar-refractivity contribution in [3.8, 4) is 0 Å². The number of nitrogens with one attached hydrogen (secondary N) is 1. The SMILES string of the molecule is C[C@@H](C(=O)N[C@H](CO)Cc1ccccc1)c1ccc(C[C@@H]2CCCC2=O)cc1. The van der Waals surface area contributed by atoms with E-state index in [4.69, 9.17) is 0 Å². The number of benzene rings is 2. The number of hydrogen-bond acceptors (Lipinski definition) is 3. The Labute approximate surface area is 167 Å². The van der Waals surface area contributed by atoms with Crippen molar-refractivity contribution in [2.24, 2.45) is 5.92 Å². The van der Waals surface area contributed by atoms with Gasteiger partial charge in [0.25, 0.3) is 0 Å². The summed E-state index contributed by atoms with van der Waals surface area (Å²) in [5.41, 5.74) is 3.17. The fourth-order valence-corrected chi connectivity index (χ4v) is 3.87. The molecular formula is C24H29NO3. The van der Waals surface area contributed by atoms with Crippen LogP contribution in [0.15, 0.2) is 54.6 Å². The van der Waals surface area contributed by atoms with Gasteiger partial charge >= 0.3 is 0 Å². The number of hydrogen-bond donors (Lipinski definition) is 2. The highest BCUT2D eigenvalue weighted by atomic mass is 16.3. The number of aliphatic hydroxyl groups excluding tert-OH is 1. The molecule has 4 nitrogen and oxygen atoms in total. The Morgan fingerprint density at radius 3 is 2.43 bits per heavy atom. The van der Waals surface area contributed by atoms with E-state index in [1.807, 2.05) is 61.5 Å². The summed E-state index contributed by atoms with van der Waals surface area (Å²) < 4.78 is 0. The molecule has 3 atom stereocenters. The average Bonchev–Trinajstić information content (AvgIpc) is 3.12. The Morgan fingerprint density at radius 1 is 1.11 bits per heavy atom. The molecule has 0 radical (unpaired) electrons. The van der Waals surface area contributed by atoms with E-state index in [0.29, 0.717) is 12.2 Å². The number of carbonyl (C=O) groups excluding carboxylic acids is 2. The molecule has 2 N–H and O–H groups in total. The highest BCUT2D eigenvalue weighted by Gasteiger charge is 2.24. The molecule has 1 aliphatic carbocycles. The minimum absolute atomic E-state index is 0.0892. The number of carbonyl (C=O) groups is 2. The van der Waals surface area contributed by atoms with Gasteiger partial charge in [-0.1, -0.05) is 54.6 Å². The molecule has 1 amide bonds. The first-order chi connectivity index (χ1) is 13.6. The van der Waals surface area contributed by atoms with Gasteiger partial charge in [0.2, 0.25) is 5.91 Å². The molecule has 0 aliphatic heterocycles. The molecule has 0 spiro atoms. The summed E-state index contributed by atoms with van der Waals surface area (Å²) in [5.74, 6) is 0.154. The lowest BCUT2D eigenvalue weighted by atomic mass is 9.93. The second-order valence-corrected chi connectivity index (χ2v) is 7.80. The van der Waals surface area contributed by atoms with Crippen LogP contribution in [0.2, 0.25) is 0 Å². The van der Waals surface area contributed by atoms with Crippen molar-refractivity contribution in [3.05, 3.63) is 71.3 Å². The van der Waals surface area contributed by atoms with Crippen molar-refractivity contribution in [2.75, 3.05) is 6.61 Å². The van der Waals surface area contributed by atoms with Gasteiger partial charge in [0, 0.05) is 12.3 Å². The van der Waals surface area contributed by atoms with Gasteiger partial charge in [0.1, 0.15) is 5.78 Å². The lowest BCUT2D eigenvalue weighted by Gasteiger charge is -2.20. The summed E-state index contributed by atoms with van der Waals surface area (Å²) in [6, 6.07) is 17.5. The minimum Gasteiger partial charge on any atom is -0.394 e. The van der Waals surface area contributed by atoms with Crippen LogP contribution in [-0.4, -0.2) is 29.4 Å². The number of Topliss-reactive ketones (excluding diaryl/α,β-unsaturated/α-hetero) is 1. The molecule has 28 heavy (non-hydrogen) atoms. The van der Waals surface area contributed by atoms with Crippen molar-refractivity contribution < 1.29 is 14.7 Å². The zero-order valence-corrected chi connectivity index (χ0v) is 16.4. The quantitative estimate of drug-likeness (QED) is 0.739. The van der Waals surface area contributed by atoms with Crippen LogP contribution in [0.1, 0.15) is 48.8 Å². The number of amides is 1. The molecule has 148 valence electrons. The summed E-state index contributed by atoms with van der Waals surface area (Å²) in [6.07, 6.45) is 4.11. The third kappa shape index (κ3) is 5.29. The van der Waals surface area contributed by atoms with Crippen LogP contribution in [0.3, 0.4) is 0 Å². The molecule has 1 fully saturated rings. The first-order valence-electron chi connectivity index (χ1n) is 10.1. The van der Waals surface area contributed by atoms with E-state index in [-0.39, 0.29) is 30.4 Å². The van der Waals surface area contributed by atoms with Crippen LogP contribution in [0.25, 0.3) is 0 Å². The van der Waals surface area contributed by atoms with Crippen LogP contribution in [0.5, 0.6) is 0 Å². The number of ketones is 1. The monoisotopic (exact) mass is 379 g/mol. The van der Waals surface area contributed by atoms with Crippen molar-refractivity contribution in [2.45, 2.75) is 51.0 Å². The van der Waals surface area contributed by atoms with Crippen LogP contribution < -0.4 is 5.32 Å². The molecule has 1 saturated carbocycles. The Bertz CT molecular complexity index is 785. The molecule has 2 aromatic rings. The van der Waals surface area contributed by atoms with E-state index in [1.165, 1.54) is 0 Å². The van der Waals surface area contributed by atoms with Crippen molar-refractivity contribution in [1.29, 1.82) is 0 Å². The minimum atomic E-state index is -0.301. The Kier molecular flexibility index (Phi) is 6.99. The molecule has 4 heteroatoms. The molecule has 2 aromatic carbocycles. The van der Waals surface area contributed by atoms with Crippen molar-refractivity contribution in [3.63, 3.8) is 0 Å². The first kappa shape index (κ1) is 20.3. The zero-order valence-electron chi connectivity index (χ0n) is 16.4. The van der Waals surface area contributed by atoms with Crippen LogP contribution >= 0.6 is 0 Å². The first-order valence-corrected chi connectivity index (χ1v) is 10.1. The third-order valence-electron chi connectivity index (χ3n) is 5.68. The lowest BCUT2D eigenvalue weighted by molar-refractivity contribution is -0.123. The molecule has 0 bridgehead atoms. The molecule has 1 aliphatic rings. The van der Waals surface area contributed by atoms with Gasteiger partial charge in [-0.3, -0.25) is 9.59 Å². The smallest absolute Gasteiger partial charge is 0.227 e. The second kappa shape index (κ2) is 9.65. The Hall–Kier alpha value is -2.46. The fourth-order valence-electron chi connectivity index (χ4n) is 3.87. The van der Waals surface area contributed by atoms with Gasteiger partial charge in [0.15, 0.2) is 0 Å². The molecule has 0 saturated heterocycles. The maximum Gasteiger partial charge on any atom is 0.227 e. The van der Waals surface area contributed by atoms with E-state index < -0.39 is 0 Å². The average molecular weight is 380 g/mol. The number of rotatable bonds is 8. The summed E-state index contributed by atoms with van der Waals surface area (Å²) >= 11 is 0. The second-order valence-electron chi connectivity index (χ2n) is 7.80. The van der Waals surface area contributed by atoms with Gasteiger partial charge in [0.05, 0.1) is 18.6 Å². The molecule has 0 aromatic heterocycles. The highest BCUT2D eigenvalue weighted by Crippen LogP contribution is 2.26. The standard InChI is InChI=1S/C24H29NO3/c1-17(24(28)25-22(16-26)15-18-6-3-2-4-7-18)20-12-10-19(11-13-20)14-21-8-5-9-23(21)27/h2-4,6-7,10-13,17,21-22,26H,5,8-9,14-16H2,1H3,(H,25,28)/t17-,21+,22+/m1/s1. The van der Waals surface area contributed by atoms with Gasteiger partial charge in [-0.05, 0) is 49.3 Å². The predicted molar refractivity (Wildman–Crippen MR) is 110 cm³/mol. The predicted octanol–water partition coefficient (Wildman–Crippen LogP) is 3.42. The largest absolute Gasteiger partial charge is 0.394 e. The summed E-state index contributed by atoms with van der Waals surface area (Å²) in [4.78, 5) is 24.5. The number of aliphatic hydroxyl groups is 1. The lowest BCUT2D eigenvalue weighted by Crippen LogP contribution is -2.41. The topological polar surface area (TPSA) is 66.4 Å². The summed E-state index contributed by atoms with van der Waals surface area (Å²) in [6.45, 7) is 1.78. The highest BCUT2D eigenvalue weighted by molar-refractivity contribution is 5.84. The van der Waals surface area contributed by atoms with E-state index in [0.717, 1.165) is 42.4 Å². The Balaban J connectivity index is 1.56. The maximum absolute atomic E-state index is 12.6.